The summed E-state index contributed by atoms with van der Waals surface area (Å²) in [6.45, 7) is 5.93. The van der Waals surface area contributed by atoms with Crippen LogP contribution in [0.4, 0.5) is 0 Å². The van der Waals surface area contributed by atoms with Crippen molar-refractivity contribution in [3.8, 4) is 5.69 Å². The zero-order chi connectivity index (χ0) is 20.1. The molecule has 0 aliphatic rings. The van der Waals surface area contributed by atoms with Crippen molar-refractivity contribution in [1.29, 1.82) is 0 Å². The maximum atomic E-state index is 12.2. The molecule has 3 aromatic rings. The molecule has 0 fully saturated rings. The summed E-state index contributed by atoms with van der Waals surface area (Å²) in [5, 5.41) is 4.42. The Bertz CT molecular complexity index is 979. The minimum Gasteiger partial charge on any atom is -0.272 e. The van der Waals surface area contributed by atoms with Gasteiger partial charge in [-0.3, -0.25) is 20.4 Å². The van der Waals surface area contributed by atoms with E-state index in [4.69, 9.17) is 0 Å². The molecule has 0 bridgehead atoms. The van der Waals surface area contributed by atoms with Gasteiger partial charge in [-0.15, -0.1) is 11.8 Å². The molecule has 0 spiro atoms. The molecule has 3 rings (SSSR count). The van der Waals surface area contributed by atoms with Gasteiger partial charge in [0, 0.05) is 16.2 Å². The van der Waals surface area contributed by atoms with Crippen LogP contribution in [0.2, 0.25) is 0 Å². The molecule has 0 saturated heterocycles. The highest BCUT2D eigenvalue weighted by Gasteiger charge is 2.09. The van der Waals surface area contributed by atoms with Crippen molar-refractivity contribution in [2.24, 2.45) is 0 Å². The summed E-state index contributed by atoms with van der Waals surface area (Å²) in [6.07, 6.45) is 0. The number of carbonyl (C=O) groups excluding carboxylic acids is 2. The fourth-order valence-electron chi connectivity index (χ4n) is 2.66. The van der Waals surface area contributed by atoms with E-state index in [1.54, 1.807) is 12.1 Å². The maximum absolute atomic E-state index is 12.2. The van der Waals surface area contributed by atoms with Crippen LogP contribution >= 0.6 is 11.8 Å². The van der Waals surface area contributed by atoms with E-state index >= 15 is 0 Å². The molecule has 2 N–H and O–H groups in total. The van der Waals surface area contributed by atoms with Crippen LogP contribution in [0, 0.1) is 20.8 Å². The number of rotatable bonds is 5. The number of hydrogen-bond acceptors (Lipinski definition) is 4. The van der Waals surface area contributed by atoms with Crippen LogP contribution < -0.4 is 10.9 Å². The van der Waals surface area contributed by atoms with Gasteiger partial charge in [0.1, 0.15) is 0 Å². The molecule has 1 aromatic heterocycles. The van der Waals surface area contributed by atoms with E-state index in [0.29, 0.717) is 5.56 Å². The molecule has 0 atom stereocenters. The quantitative estimate of drug-likeness (QED) is 0.514. The zero-order valence-electron chi connectivity index (χ0n) is 16.0. The molecule has 0 aliphatic heterocycles. The van der Waals surface area contributed by atoms with E-state index in [-0.39, 0.29) is 17.6 Å². The smallest absolute Gasteiger partial charge is 0.269 e. The Morgan fingerprint density at radius 3 is 2.25 bits per heavy atom. The minimum atomic E-state index is -0.367. The number of benzene rings is 2. The fraction of sp³-hybridized carbons (Fsp3) is 0.190. The van der Waals surface area contributed by atoms with E-state index < -0.39 is 0 Å². The van der Waals surface area contributed by atoms with Crippen LogP contribution in [-0.4, -0.2) is 27.3 Å². The molecular weight excluding hydrogens is 372 g/mol. The number of aromatic nitrogens is 2. The normalized spacial score (nSPS) is 10.5. The van der Waals surface area contributed by atoms with Gasteiger partial charge < -0.3 is 0 Å². The molecule has 6 nitrogen and oxygen atoms in total. The van der Waals surface area contributed by atoms with Crippen LogP contribution in [0.3, 0.4) is 0 Å². The number of carbonyl (C=O) groups is 2. The maximum Gasteiger partial charge on any atom is 0.269 e. The van der Waals surface area contributed by atoms with E-state index in [9.17, 15) is 9.59 Å². The largest absolute Gasteiger partial charge is 0.272 e. The van der Waals surface area contributed by atoms with Crippen molar-refractivity contribution in [2.75, 3.05) is 5.75 Å². The average molecular weight is 395 g/mol. The number of nitrogens with zero attached hydrogens (tertiary/aromatic N) is 2. The third-order valence-corrected chi connectivity index (χ3v) is 5.10. The lowest BCUT2D eigenvalue weighted by Gasteiger charge is -2.09. The third kappa shape index (κ3) is 5.01. The predicted molar refractivity (Wildman–Crippen MR) is 111 cm³/mol. The average Bonchev–Trinajstić information content (AvgIpc) is 3.04. The molecule has 7 heteroatoms. The van der Waals surface area contributed by atoms with Crippen LogP contribution in [0.15, 0.2) is 59.5 Å². The summed E-state index contributed by atoms with van der Waals surface area (Å²) in [5.74, 6) is -0.410. The number of hydrazine groups is 1. The summed E-state index contributed by atoms with van der Waals surface area (Å²) < 4.78 is 1.82. The molecule has 2 aromatic carbocycles. The first-order valence-electron chi connectivity index (χ1n) is 8.85. The van der Waals surface area contributed by atoms with Crippen LogP contribution in [0.25, 0.3) is 5.69 Å². The summed E-state index contributed by atoms with van der Waals surface area (Å²) in [7, 11) is 0. The van der Waals surface area contributed by atoms with E-state index in [0.717, 1.165) is 22.0 Å². The molecule has 1 heterocycles. The molecule has 0 aliphatic carbocycles. The monoisotopic (exact) mass is 394 g/mol. The van der Waals surface area contributed by atoms with Gasteiger partial charge >= 0.3 is 0 Å². The van der Waals surface area contributed by atoms with Crippen LogP contribution in [-0.2, 0) is 4.79 Å². The van der Waals surface area contributed by atoms with Gasteiger partial charge in [0.2, 0.25) is 5.91 Å². The van der Waals surface area contributed by atoms with Crippen molar-refractivity contribution < 1.29 is 9.59 Å². The SMILES string of the molecule is Cc1ccc(SCC(=O)NNC(=O)c2ccc(-n3nc(C)cc3C)cc2)cc1. The van der Waals surface area contributed by atoms with Crippen molar-refractivity contribution in [3.05, 3.63) is 77.1 Å². The first-order chi connectivity index (χ1) is 13.4. The molecule has 144 valence electrons. The Morgan fingerprint density at radius 2 is 1.64 bits per heavy atom. The third-order valence-electron chi connectivity index (χ3n) is 4.09. The lowest BCUT2D eigenvalue weighted by atomic mass is 10.2. The zero-order valence-corrected chi connectivity index (χ0v) is 16.8. The van der Waals surface area contributed by atoms with Gasteiger partial charge in [0.15, 0.2) is 0 Å². The summed E-state index contributed by atoms with van der Waals surface area (Å²) in [4.78, 5) is 25.2. The van der Waals surface area contributed by atoms with Gasteiger partial charge in [-0.25, -0.2) is 4.68 Å². The molecule has 0 saturated carbocycles. The Labute approximate surface area is 168 Å². The Hall–Kier alpha value is -3.06. The van der Waals surface area contributed by atoms with Crippen molar-refractivity contribution in [1.82, 2.24) is 20.6 Å². The van der Waals surface area contributed by atoms with Crippen LogP contribution in [0.5, 0.6) is 0 Å². The van der Waals surface area contributed by atoms with Crippen molar-refractivity contribution in [3.63, 3.8) is 0 Å². The molecular formula is C21H22N4O2S. The summed E-state index contributed by atoms with van der Waals surface area (Å²) in [6, 6.07) is 17.0. The summed E-state index contributed by atoms with van der Waals surface area (Å²) in [5.41, 5.74) is 9.35. The highest BCUT2D eigenvalue weighted by atomic mass is 32.2. The highest BCUT2D eigenvalue weighted by Crippen LogP contribution is 2.17. The van der Waals surface area contributed by atoms with E-state index in [1.807, 2.05) is 67.9 Å². The number of nitrogens with one attached hydrogen (secondary N) is 2. The lowest BCUT2D eigenvalue weighted by Crippen LogP contribution is -2.42. The molecule has 0 radical (unpaired) electrons. The predicted octanol–water partition coefficient (Wildman–Crippen LogP) is 3.35. The fourth-order valence-corrected chi connectivity index (χ4v) is 3.36. The first kappa shape index (κ1) is 19.7. The standard InChI is InChI=1S/C21H22N4O2S/c1-14-4-10-19(11-5-14)28-13-20(26)22-23-21(27)17-6-8-18(9-7-17)25-16(3)12-15(2)24-25/h4-12H,13H2,1-3H3,(H,22,26)(H,23,27). The first-order valence-corrected chi connectivity index (χ1v) is 9.83. The van der Waals surface area contributed by atoms with Crippen LogP contribution in [0.1, 0.15) is 27.3 Å². The van der Waals surface area contributed by atoms with Crippen molar-refractivity contribution >= 4 is 23.6 Å². The molecule has 28 heavy (non-hydrogen) atoms. The Morgan fingerprint density at radius 1 is 0.964 bits per heavy atom. The Balaban J connectivity index is 1.51. The van der Waals surface area contributed by atoms with Gasteiger partial charge in [-0.1, -0.05) is 17.7 Å². The van der Waals surface area contributed by atoms with E-state index in [1.165, 1.54) is 17.3 Å². The number of aryl methyl sites for hydroxylation is 3. The number of thioether (sulfide) groups is 1. The van der Waals surface area contributed by atoms with Gasteiger partial charge in [0.05, 0.1) is 17.1 Å². The lowest BCUT2D eigenvalue weighted by molar-refractivity contribution is -0.119. The van der Waals surface area contributed by atoms with Gasteiger partial charge in [-0.05, 0) is 63.2 Å². The second kappa shape index (κ2) is 8.75. The van der Waals surface area contributed by atoms with Crippen molar-refractivity contribution in [2.45, 2.75) is 25.7 Å². The second-order valence-electron chi connectivity index (χ2n) is 6.49. The molecule has 2 amide bonds. The minimum absolute atomic E-state index is 0.222. The highest BCUT2D eigenvalue weighted by molar-refractivity contribution is 8.00. The summed E-state index contributed by atoms with van der Waals surface area (Å²) >= 11 is 1.41. The second-order valence-corrected chi connectivity index (χ2v) is 7.54. The van der Waals surface area contributed by atoms with Gasteiger partial charge in [-0.2, -0.15) is 5.10 Å². The molecule has 0 unspecified atom stereocenters. The van der Waals surface area contributed by atoms with E-state index in [2.05, 4.69) is 16.0 Å². The van der Waals surface area contributed by atoms with Gasteiger partial charge in [0.25, 0.3) is 5.91 Å². The topological polar surface area (TPSA) is 76.0 Å². The Kier molecular flexibility index (Phi) is 6.16. The number of hydrogen-bond donors (Lipinski definition) is 2. The number of amides is 2.